The van der Waals surface area contributed by atoms with Gasteiger partial charge >= 0.3 is 0 Å². The van der Waals surface area contributed by atoms with Crippen LogP contribution in [0.1, 0.15) is 6.42 Å². The van der Waals surface area contributed by atoms with E-state index in [2.05, 4.69) is 20.9 Å². The van der Waals surface area contributed by atoms with Crippen LogP contribution in [0, 0.1) is 5.82 Å². The van der Waals surface area contributed by atoms with Crippen LogP contribution in [0.2, 0.25) is 0 Å². The molecule has 164 valence electrons. The van der Waals surface area contributed by atoms with Crippen molar-refractivity contribution in [2.45, 2.75) is 12.5 Å². The normalized spacial score (nSPS) is 19.4. The Morgan fingerprint density at radius 1 is 1.14 bits per heavy atom. The highest BCUT2D eigenvalue weighted by molar-refractivity contribution is 5.96. The number of amides is 2. The third kappa shape index (κ3) is 8.04. The fourth-order valence-electron chi connectivity index (χ4n) is 2.96. The van der Waals surface area contributed by atoms with Crippen molar-refractivity contribution in [2.75, 3.05) is 63.2 Å². The number of hydrogen-bond acceptors (Lipinski definition) is 6. The molecule has 1 atom stereocenters. The van der Waals surface area contributed by atoms with Crippen molar-refractivity contribution < 1.29 is 23.5 Å². The van der Waals surface area contributed by atoms with Gasteiger partial charge in [0.1, 0.15) is 11.9 Å². The number of rotatable bonds is 6. The second-order valence-electron chi connectivity index (χ2n) is 6.52. The van der Waals surface area contributed by atoms with Gasteiger partial charge in [-0.25, -0.2) is 4.39 Å². The first-order chi connectivity index (χ1) is 13.1. The molecule has 2 aliphatic rings. The third-order valence-electron chi connectivity index (χ3n) is 4.50. The minimum absolute atomic E-state index is 0. The van der Waals surface area contributed by atoms with E-state index < -0.39 is 11.9 Å². The van der Waals surface area contributed by atoms with Crippen LogP contribution in [0.5, 0.6) is 0 Å². The number of benzene rings is 1. The number of hydrogen-bond donors (Lipinski definition) is 3. The first-order valence-electron chi connectivity index (χ1n) is 9.13. The van der Waals surface area contributed by atoms with E-state index >= 15 is 0 Å². The average molecular weight is 453 g/mol. The van der Waals surface area contributed by atoms with Crippen LogP contribution in [-0.4, -0.2) is 75.4 Å². The Bertz CT molecular complexity index is 671. The van der Waals surface area contributed by atoms with E-state index in [1.165, 1.54) is 18.2 Å². The number of carbonyl (C=O) groups excluding carboxylic acids is 2. The van der Waals surface area contributed by atoms with E-state index in [9.17, 15) is 14.0 Å². The SMILES string of the molecule is Cl.Cl.O=C(CCN1CCOCC1)Nc1cc(NC(=O)C2COCCN2)ccc1F. The number of nitrogens with zero attached hydrogens (tertiary/aromatic N) is 1. The number of halogens is 3. The van der Waals surface area contributed by atoms with E-state index in [1.54, 1.807) is 0 Å². The van der Waals surface area contributed by atoms with Crippen molar-refractivity contribution in [2.24, 2.45) is 0 Å². The smallest absolute Gasteiger partial charge is 0.243 e. The Labute approximate surface area is 181 Å². The summed E-state index contributed by atoms with van der Waals surface area (Å²) in [5, 5.41) is 8.34. The summed E-state index contributed by atoms with van der Waals surface area (Å²) in [5.41, 5.74) is 0.463. The van der Waals surface area contributed by atoms with Gasteiger partial charge in [-0.15, -0.1) is 24.8 Å². The molecule has 0 aromatic heterocycles. The third-order valence-corrected chi connectivity index (χ3v) is 4.50. The Hall–Kier alpha value is -1.49. The topological polar surface area (TPSA) is 91.9 Å². The largest absolute Gasteiger partial charge is 0.379 e. The molecule has 2 saturated heterocycles. The van der Waals surface area contributed by atoms with Gasteiger partial charge in [0, 0.05) is 38.3 Å². The minimum atomic E-state index is -0.549. The maximum Gasteiger partial charge on any atom is 0.243 e. The molecule has 1 unspecified atom stereocenters. The fourth-order valence-corrected chi connectivity index (χ4v) is 2.96. The van der Waals surface area contributed by atoms with Gasteiger partial charge in [-0.3, -0.25) is 14.5 Å². The summed E-state index contributed by atoms with van der Waals surface area (Å²) in [7, 11) is 0. The maximum atomic E-state index is 14.0. The first-order valence-corrected chi connectivity index (χ1v) is 9.13. The highest BCUT2D eigenvalue weighted by atomic mass is 35.5. The van der Waals surface area contributed by atoms with Gasteiger partial charge in [-0.1, -0.05) is 0 Å². The Balaban J connectivity index is 0.00000210. The van der Waals surface area contributed by atoms with Crippen molar-refractivity contribution >= 4 is 48.0 Å². The zero-order chi connectivity index (χ0) is 19.1. The molecule has 1 aromatic carbocycles. The van der Waals surface area contributed by atoms with Gasteiger partial charge in [0.2, 0.25) is 11.8 Å². The summed E-state index contributed by atoms with van der Waals surface area (Å²) >= 11 is 0. The van der Waals surface area contributed by atoms with Crippen LogP contribution in [0.3, 0.4) is 0 Å². The van der Waals surface area contributed by atoms with Gasteiger partial charge < -0.3 is 25.4 Å². The fraction of sp³-hybridized carbons (Fsp3) is 0.556. The van der Waals surface area contributed by atoms with Gasteiger partial charge in [-0.2, -0.15) is 0 Å². The molecule has 0 radical (unpaired) electrons. The minimum Gasteiger partial charge on any atom is -0.379 e. The summed E-state index contributed by atoms with van der Waals surface area (Å²) in [6.07, 6.45) is 0.263. The van der Waals surface area contributed by atoms with Gasteiger partial charge in [0.05, 0.1) is 32.1 Å². The molecule has 2 heterocycles. The highest BCUT2D eigenvalue weighted by Crippen LogP contribution is 2.20. The van der Waals surface area contributed by atoms with E-state index in [4.69, 9.17) is 9.47 Å². The summed E-state index contributed by atoms with van der Waals surface area (Å²) in [5.74, 6) is -1.08. The lowest BCUT2D eigenvalue weighted by molar-refractivity contribution is -0.120. The summed E-state index contributed by atoms with van der Waals surface area (Å²) in [6, 6.07) is 3.65. The Morgan fingerprint density at radius 3 is 2.59 bits per heavy atom. The lowest BCUT2D eigenvalue weighted by Crippen LogP contribution is -2.48. The standard InChI is InChI=1S/C18H25FN4O4.2ClH/c19-14-2-1-13(21-18(25)16-12-27-8-4-20-16)11-15(14)22-17(24)3-5-23-6-9-26-10-7-23;;/h1-2,11,16,20H,3-10,12H2,(H,21,25)(H,22,24);2*1H. The van der Waals surface area contributed by atoms with Crippen LogP contribution < -0.4 is 16.0 Å². The van der Waals surface area contributed by atoms with Crippen molar-refractivity contribution in [3.05, 3.63) is 24.0 Å². The van der Waals surface area contributed by atoms with Crippen molar-refractivity contribution in [3.63, 3.8) is 0 Å². The molecule has 1 aromatic rings. The molecule has 2 fully saturated rings. The van der Waals surface area contributed by atoms with Gasteiger partial charge in [-0.05, 0) is 18.2 Å². The molecule has 2 aliphatic heterocycles. The molecule has 29 heavy (non-hydrogen) atoms. The zero-order valence-corrected chi connectivity index (χ0v) is 17.6. The van der Waals surface area contributed by atoms with Crippen LogP contribution in [-0.2, 0) is 19.1 Å². The molecule has 3 rings (SSSR count). The van der Waals surface area contributed by atoms with Crippen molar-refractivity contribution in [3.8, 4) is 0 Å². The van der Waals surface area contributed by atoms with Crippen LogP contribution in [0.4, 0.5) is 15.8 Å². The molecule has 11 heteroatoms. The molecule has 0 aliphatic carbocycles. The van der Waals surface area contributed by atoms with Crippen LogP contribution in [0.25, 0.3) is 0 Å². The van der Waals surface area contributed by atoms with Crippen molar-refractivity contribution in [1.82, 2.24) is 10.2 Å². The highest BCUT2D eigenvalue weighted by Gasteiger charge is 2.21. The molecule has 8 nitrogen and oxygen atoms in total. The number of carbonyl (C=O) groups is 2. The van der Waals surface area contributed by atoms with Gasteiger partial charge in [0.15, 0.2) is 0 Å². The molecular formula is C18H27Cl2FN4O4. The lowest BCUT2D eigenvalue weighted by atomic mass is 10.2. The predicted molar refractivity (Wildman–Crippen MR) is 113 cm³/mol. The number of morpholine rings is 2. The summed E-state index contributed by atoms with van der Waals surface area (Å²) < 4.78 is 24.6. The Kier molecular flexibility index (Phi) is 11.4. The average Bonchev–Trinajstić information content (AvgIpc) is 2.70. The van der Waals surface area contributed by atoms with E-state index in [0.717, 1.165) is 13.1 Å². The maximum absolute atomic E-state index is 14.0. The number of anilines is 2. The van der Waals surface area contributed by atoms with Crippen molar-refractivity contribution in [1.29, 1.82) is 0 Å². The zero-order valence-electron chi connectivity index (χ0n) is 15.9. The molecular weight excluding hydrogens is 426 g/mol. The van der Waals surface area contributed by atoms with E-state index in [-0.39, 0.29) is 55.3 Å². The quantitative estimate of drug-likeness (QED) is 0.601. The monoisotopic (exact) mass is 452 g/mol. The Morgan fingerprint density at radius 2 is 1.90 bits per heavy atom. The van der Waals surface area contributed by atoms with Gasteiger partial charge in [0.25, 0.3) is 0 Å². The van der Waals surface area contributed by atoms with Crippen LogP contribution >= 0.6 is 24.8 Å². The molecule has 2 amide bonds. The summed E-state index contributed by atoms with van der Waals surface area (Å²) in [4.78, 5) is 26.5. The molecule has 3 N–H and O–H groups in total. The second-order valence-corrected chi connectivity index (χ2v) is 6.52. The molecule has 0 saturated carbocycles. The van der Waals surface area contributed by atoms with E-state index in [0.29, 0.717) is 38.6 Å². The lowest BCUT2D eigenvalue weighted by Gasteiger charge is -2.26. The van der Waals surface area contributed by atoms with Crippen LogP contribution in [0.15, 0.2) is 18.2 Å². The van der Waals surface area contributed by atoms with E-state index in [1.807, 2.05) is 0 Å². The second kappa shape index (κ2) is 12.9. The number of ether oxygens (including phenoxy) is 2. The first kappa shape index (κ1) is 25.5. The molecule has 0 bridgehead atoms. The predicted octanol–water partition coefficient (Wildman–Crippen LogP) is 1.26. The molecule has 0 spiro atoms. The number of nitrogens with one attached hydrogen (secondary N) is 3. The summed E-state index contributed by atoms with van der Waals surface area (Å²) in [6.45, 7) is 4.98.